The van der Waals surface area contributed by atoms with Crippen LogP contribution in [0.2, 0.25) is 0 Å². The molecule has 0 radical (unpaired) electrons. The summed E-state index contributed by atoms with van der Waals surface area (Å²) in [5, 5.41) is 0. The third-order valence-corrected chi connectivity index (χ3v) is 3.20. The zero-order valence-corrected chi connectivity index (χ0v) is 11.6. The Kier molecular flexibility index (Phi) is 4.89. The van der Waals surface area contributed by atoms with E-state index in [4.69, 9.17) is 10.5 Å². The van der Waals surface area contributed by atoms with Gasteiger partial charge < -0.3 is 10.5 Å². The number of nitrogens with two attached hydrogens (primary N) is 1. The predicted octanol–water partition coefficient (Wildman–Crippen LogP) is 3.05. The summed E-state index contributed by atoms with van der Waals surface area (Å²) < 4.78 is 6.33. The SMILES string of the molecule is COC(C)(C)CCC(N)c1cncc(Br)c1. The minimum atomic E-state index is -0.114. The molecule has 0 saturated heterocycles. The van der Waals surface area contributed by atoms with Crippen LogP contribution in [0.25, 0.3) is 0 Å². The van der Waals surface area contributed by atoms with Crippen LogP contribution in [0.4, 0.5) is 0 Å². The quantitative estimate of drug-likeness (QED) is 0.905. The Morgan fingerprint density at radius 3 is 2.75 bits per heavy atom. The first kappa shape index (κ1) is 13.6. The summed E-state index contributed by atoms with van der Waals surface area (Å²) in [6, 6.07) is 2.02. The Hall–Kier alpha value is -0.450. The van der Waals surface area contributed by atoms with Crippen molar-refractivity contribution in [2.45, 2.75) is 38.3 Å². The lowest BCUT2D eigenvalue weighted by molar-refractivity contribution is 0.0125. The van der Waals surface area contributed by atoms with Gasteiger partial charge in [0.25, 0.3) is 0 Å². The van der Waals surface area contributed by atoms with Crippen LogP contribution in [-0.4, -0.2) is 17.7 Å². The number of nitrogens with zero attached hydrogens (tertiary/aromatic N) is 1. The second-order valence-electron chi connectivity index (χ2n) is 4.55. The highest BCUT2D eigenvalue weighted by Crippen LogP contribution is 2.23. The molecule has 90 valence electrons. The van der Waals surface area contributed by atoms with Gasteiger partial charge in [-0.25, -0.2) is 0 Å². The number of hydrogen-bond donors (Lipinski definition) is 1. The van der Waals surface area contributed by atoms with Crippen LogP contribution < -0.4 is 5.73 Å². The van der Waals surface area contributed by atoms with Crippen molar-refractivity contribution in [3.63, 3.8) is 0 Å². The Morgan fingerprint density at radius 2 is 2.19 bits per heavy atom. The third-order valence-electron chi connectivity index (χ3n) is 2.76. The molecular formula is C12H19BrN2O. The highest BCUT2D eigenvalue weighted by molar-refractivity contribution is 9.10. The van der Waals surface area contributed by atoms with Gasteiger partial charge in [0.15, 0.2) is 0 Å². The van der Waals surface area contributed by atoms with Gasteiger partial charge in [-0.15, -0.1) is 0 Å². The zero-order chi connectivity index (χ0) is 12.2. The summed E-state index contributed by atoms with van der Waals surface area (Å²) in [6.07, 6.45) is 5.39. The van der Waals surface area contributed by atoms with E-state index in [2.05, 4.69) is 34.8 Å². The summed E-state index contributed by atoms with van der Waals surface area (Å²) in [6.45, 7) is 4.14. The van der Waals surface area contributed by atoms with Gasteiger partial charge in [0.1, 0.15) is 0 Å². The monoisotopic (exact) mass is 286 g/mol. The Bertz CT molecular complexity index is 342. The standard InChI is InChI=1S/C12H19BrN2O/c1-12(2,16-3)5-4-11(14)9-6-10(13)8-15-7-9/h6-8,11H,4-5,14H2,1-3H3. The van der Waals surface area contributed by atoms with Crippen molar-refractivity contribution >= 4 is 15.9 Å². The molecule has 4 heteroatoms. The number of ether oxygens (including phenoxy) is 1. The lowest BCUT2D eigenvalue weighted by Crippen LogP contribution is -2.24. The molecule has 16 heavy (non-hydrogen) atoms. The molecule has 1 unspecified atom stereocenters. The molecule has 0 saturated carbocycles. The first-order valence-corrected chi connectivity index (χ1v) is 6.15. The van der Waals surface area contributed by atoms with E-state index in [1.165, 1.54) is 0 Å². The predicted molar refractivity (Wildman–Crippen MR) is 69.2 cm³/mol. The van der Waals surface area contributed by atoms with Gasteiger partial charge in [0.05, 0.1) is 5.60 Å². The second kappa shape index (κ2) is 5.75. The van der Waals surface area contributed by atoms with Gasteiger partial charge in [-0.05, 0) is 54.2 Å². The maximum absolute atomic E-state index is 6.11. The molecule has 1 heterocycles. The van der Waals surface area contributed by atoms with E-state index in [9.17, 15) is 0 Å². The van der Waals surface area contributed by atoms with Crippen molar-refractivity contribution in [3.05, 3.63) is 28.5 Å². The van der Waals surface area contributed by atoms with Crippen molar-refractivity contribution < 1.29 is 4.74 Å². The maximum Gasteiger partial charge on any atom is 0.0623 e. The average Bonchev–Trinajstić information content (AvgIpc) is 2.26. The lowest BCUT2D eigenvalue weighted by Gasteiger charge is -2.24. The number of hydrogen-bond acceptors (Lipinski definition) is 3. The molecule has 1 rings (SSSR count). The van der Waals surface area contributed by atoms with Crippen LogP contribution in [0, 0.1) is 0 Å². The van der Waals surface area contributed by atoms with Crippen molar-refractivity contribution in [2.75, 3.05) is 7.11 Å². The highest BCUT2D eigenvalue weighted by atomic mass is 79.9. The van der Waals surface area contributed by atoms with Gasteiger partial charge in [-0.1, -0.05) is 0 Å². The maximum atomic E-state index is 6.11. The average molecular weight is 287 g/mol. The lowest BCUT2D eigenvalue weighted by atomic mass is 9.96. The Labute approximate surface area is 106 Å². The molecule has 0 amide bonds. The van der Waals surface area contributed by atoms with E-state index in [0.29, 0.717) is 0 Å². The van der Waals surface area contributed by atoms with Crippen LogP contribution in [0.1, 0.15) is 38.3 Å². The number of pyridine rings is 1. The minimum absolute atomic E-state index is 0.0134. The molecule has 3 nitrogen and oxygen atoms in total. The van der Waals surface area contributed by atoms with Gasteiger partial charge >= 0.3 is 0 Å². The van der Waals surface area contributed by atoms with Gasteiger partial charge in [-0.2, -0.15) is 0 Å². The fourth-order valence-corrected chi connectivity index (χ4v) is 1.79. The minimum Gasteiger partial charge on any atom is -0.379 e. The van der Waals surface area contributed by atoms with Crippen LogP contribution >= 0.6 is 15.9 Å². The topological polar surface area (TPSA) is 48.1 Å². The van der Waals surface area contributed by atoms with Gasteiger partial charge in [-0.3, -0.25) is 4.98 Å². The molecular weight excluding hydrogens is 268 g/mol. The highest BCUT2D eigenvalue weighted by Gasteiger charge is 2.18. The molecule has 0 bridgehead atoms. The first-order chi connectivity index (χ1) is 7.44. The van der Waals surface area contributed by atoms with E-state index in [-0.39, 0.29) is 11.6 Å². The van der Waals surface area contributed by atoms with Crippen molar-refractivity contribution in [1.82, 2.24) is 4.98 Å². The summed E-state index contributed by atoms with van der Waals surface area (Å²) in [5.74, 6) is 0. The molecule has 1 aromatic heterocycles. The molecule has 0 spiro atoms. The van der Waals surface area contributed by atoms with Crippen LogP contribution in [0.15, 0.2) is 22.9 Å². The van der Waals surface area contributed by atoms with Crippen molar-refractivity contribution in [1.29, 1.82) is 0 Å². The molecule has 0 aromatic carbocycles. The summed E-state index contributed by atoms with van der Waals surface area (Å²) in [5.41, 5.74) is 7.05. The van der Waals surface area contributed by atoms with Crippen LogP contribution in [0.5, 0.6) is 0 Å². The Morgan fingerprint density at radius 1 is 1.50 bits per heavy atom. The fraction of sp³-hybridized carbons (Fsp3) is 0.583. The molecule has 0 fully saturated rings. The smallest absolute Gasteiger partial charge is 0.0623 e. The molecule has 1 aromatic rings. The molecule has 0 aliphatic carbocycles. The van der Waals surface area contributed by atoms with E-state index in [1.54, 1.807) is 13.3 Å². The van der Waals surface area contributed by atoms with Crippen molar-refractivity contribution in [2.24, 2.45) is 5.73 Å². The van der Waals surface area contributed by atoms with Gasteiger partial charge in [0, 0.05) is 30.0 Å². The van der Waals surface area contributed by atoms with E-state index >= 15 is 0 Å². The van der Waals surface area contributed by atoms with Crippen molar-refractivity contribution in [3.8, 4) is 0 Å². The van der Waals surface area contributed by atoms with E-state index in [0.717, 1.165) is 22.9 Å². The van der Waals surface area contributed by atoms with E-state index in [1.807, 2.05) is 12.3 Å². The van der Waals surface area contributed by atoms with E-state index < -0.39 is 0 Å². The summed E-state index contributed by atoms with van der Waals surface area (Å²) in [7, 11) is 1.73. The fourth-order valence-electron chi connectivity index (χ4n) is 1.40. The Balaban J connectivity index is 2.56. The molecule has 2 N–H and O–H groups in total. The number of halogens is 1. The number of rotatable bonds is 5. The first-order valence-electron chi connectivity index (χ1n) is 5.36. The van der Waals surface area contributed by atoms with Gasteiger partial charge in [0.2, 0.25) is 0 Å². The van der Waals surface area contributed by atoms with Crippen LogP contribution in [-0.2, 0) is 4.74 Å². The summed E-state index contributed by atoms with van der Waals surface area (Å²) >= 11 is 3.39. The molecule has 0 aliphatic heterocycles. The molecule has 1 atom stereocenters. The zero-order valence-electron chi connectivity index (χ0n) is 10.0. The number of methoxy groups -OCH3 is 1. The largest absolute Gasteiger partial charge is 0.379 e. The number of aromatic nitrogens is 1. The summed E-state index contributed by atoms with van der Waals surface area (Å²) in [4.78, 5) is 4.11. The normalized spacial score (nSPS) is 13.8. The second-order valence-corrected chi connectivity index (χ2v) is 5.46. The third kappa shape index (κ3) is 4.20. The molecule has 0 aliphatic rings. The van der Waals surface area contributed by atoms with Crippen LogP contribution in [0.3, 0.4) is 0 Å².